The van der Waals surface area contributed by atoms with E-state index in [1.165, 1.54) is 12.3 Å². The van der Waals surface area contributed by atoms with Crippen molar-refractivity contribution in [2.24, 2.45) is 0 Å². The van der Waals surface area contributed by atoms with Crippen LogP contribution in [-0.4, -0.2) is 21.5 Å². The number of hydrogen-bond acceptors (Lipinski definition) is 5. The Morgan fingerprint density at radius 1 is 1.21 bits per heavy atom. The van der Waals surface area contributed by atoms with E-state index < -0.39 is 20.7 Å². The Kier molecular flexibility index (Phi) is 4.42. The lowest BCUT2D eigenvalue weighted by Gasteiger charge is -2.28. The molecule has 2 aromatic carbocycles. The molecule has 0 aromatic heterocycles. The quantitative estimate of drug-likeness (QED) is 0.676. The Morgan fingerprint density at radius 2 is 1.96 bits per heavy atom. The summed E-state index contributed by atoms with van der Waals surface area (Å²) >= 11 is 9.38. The number of sulfone groups is 1. The van der Waals surface area contributed by atoms with Gasteiger partial charge in [-0.2, -0.15) is 0 Å². The largest absolute Gasteiger partial charge is 0.465 e. The van der Waals surface area contributed by atoms with Crippen LogP contribution in [0.1, 0.15) is 0 Å². The van der Waals surface area contributed by atoms with Gasteiger partial charge >= 0.3 is 5.97 Å². The van der Waals surface area contributed by atoms with Crippen molar-refractivity contribution < 1.29 is 17.9 Å². The highest BCUT2D eigenvalue weighted by Gasteiger charge is 2.36. The molecule has 2 aromatic rings. The van der Waals surface area contributed by atoms with Gasteiger partial charge in [-0.25, -0.2) is 13.2 Å². The number of rotatable bonds is 2. The van der Waals surface area contributed by atoms with Crippen molar-refractivity contribution in [1.82, 2.24) is 0 Å². The molecule has 0 saturated carbocycles. The predicted octanol–water partition coefficient (Wildman–Crippen LogP) is 4.04. The average Bonchev–Trinajstić information content (AvgIpc) is 2.54. The van der Waals surface area contributed by atoms with Crippen molar-refractivity contribution in [2.45, 2.75) is 4.90 Å². The fourth-order valence-corrected chi connectivity index (χ4v) is 4.38. The number of hydrogen-bond donors (Lipinski definition) is 0. The van der Waals surface area contributed by atoms with E-state index in [4.69, 9.17) is 11.6 Å². The van der Waals surface area contributed by atoms with Crippen LogP contribution in [0.5, 0.6) is 0 Å². The molecule has 5 nitrogen and oxygen atoms in total. The highest BCUT2D eigenvalue weighted by Crippen LogP contribution is 2.41. The maximum absolute atomic E-state index is 12.7. The maximum Gasteiger partial charge on any atom is 0.351 e. The number of halogens is 2. The zero-order valence-corrected chi connectivity index (χ0v) is 15.5. The second-order valence-corrected chi connectivity index (χ2v) is 8.19. The second kappa shape index (κ2) is 6.23. The minimum atomic E-state index is -3.97. The first-order valence-electron chi connectivity index (χ1n) is 6.74. The van der Waals surface area contributed by atoms with Crippen molar-refractivity contribution in [3.05, 3.63) is 63.1 Å². The van der Waals surface area contributed by atoms with Crippen LogP contribution in [0.15, 0.2) is 62.9 Å². The third kappa shape index (κ3) is 2.83. The smallest absolute Gasteiger partial charge is 0.351 e. The summed E-state index contributed by atoms with van der Waals surface area (Å²) in [6.45, 7) is 0. The second-order valence-electron chi connectivity index (χ2n) is 4.95. The van der Waals surface area contributed by atoms with E-state index in [2.05, 4.69) is 20.7 Å². The summed E-state index contributed by atoms with van der Waals surface area (Å²) in [7, 11) is -2.83. The monoisotopic (exact) mass is 427 g/mol. The third-order valence-corrected chi connectivity index (χ3v) is 5.98. The third-order valence-electron chi connectivity index (χ3n) is 3.48. The average molecular weight is 429 g/mol. The Bertz CT molecular complexity index is 972. The lowest BCUT2D eigenvalue weighted by atomic mass is 10.2. The summed E-state index contributed by atoms with van der Waals surface area (Å²) < 4.78 is 30.8. The van der Waals surface area contributed by atoms with Gasteiger partial charge < -0.3 is 9.64 Å². The van der Waals surface area contributed by atoms with E-state index in [0.717, 1.165) is 7.11 Å². The maximum atomic E-state index is 12.7. The molecule has 1 heterocycles. The summed E-state index contributed by atoms with van der Waals surface area (Å²) in [6.07, 6.45) is 1.25. The Hall–Kier alpha value is -1.83. The van der Waals surface area contributed by atoms with Gasteiger partial charge in [-0.15, -0.1) is 0 Å². The zero-order valence-electron chi connectivity index (χ0n) is 12.4. The molecule has 0 fully saturated rings. The fraction of sp³-hybridized carbons (Fsp3) is 0.0625. The van der Waals surface area contributed by atoms with Crippen molar-refractivity contribution >= 4 is 54.7 Å². The van der Waals surface area contributed by atoms with Crippen LogP contribution in [0.3, 0.4) is 0 Å². The lowest BCUT2D eigenvalue weighted by molar-refractivity contribution is -0.135. The summed E-state index contributed by atoms with van der Waals surface area (Å²) in [6, 6.07) is 11.6. The van der Waals surface area contributed by atoms with E-state index in [-0.39, 0.29) is 4.90 Å². The summed E-state index contributed by atoms with van der Waals surface area (Å²) in [5.41, 5.74) is 1.04. The molecule has 0 radical (unpaired) electrons. The predicted molar refractivity (Wildman–Crippen MR) is 95.0 cm³/mol. The van der Waals surface area contributed by atoms with Crippen LogP contribution in [-0.2, 0) is 19.4 Å². The lowest BCUT2D eigenvalue weighted by Crippen LogP contribution is -2.26. The van der Waals surface area contributed by atoms with Gasteiger partial charge in [0.05, 0.1) is 17.7 Å². The van der Waals surface area contributed by atoms with Crippen LogP contribution < -0.4 is 4.90 Å². The summed E-state index contributed by atoms with van der Waals surface area (Å²) in [5.74, 6) is -0.921. The molecule has 24 heavy (non-hydrogen) atoms. The highest BCUT2D eigenvalue weighted by atomic mass is 79.9. The molecule has 0 saturated heterocycles. The van der Waals surface area contributed by atoms with E-state index in [1.807, 2.05) is 0 Å². The van der Waals surface area contributed by atoms with E-state index >= 15 is 0 Å². The molecule has 124 valence electrons. The molecular formula is C16H11BrClNO4S. The normalized spacial score (nSPS) is 15.5. The minimum Gasteiger partial charge on any atom is -0.465 e. The fourth-order valence-electron chi connectivity index (χ4n) is 2.38. The number of nitrogens with zero attached hydrogens (tertiary/aromatic N) is 1. The van der Waals surface area contributed by atoms with Crippen LogP contribution in [0, 0.1) is 0 Å². The van der Waals surface area contributed by atoms with Crippen molar-refractivity contribution in [1.29, 1.82) is 0 Å². The molecular weight excluding hydrogens is 418 g/mol. The van der Waals surface area contributed by atoms with Crippen LogP contribution in [0.2, 0.25) is 5.02 Å². The van der Waals surface area contributed by atoms with Crippen molar-refractivity contribution in [3.63, 3.8) is 0 Å². The van der Waals surface area contributed by atoms with Gasteiger partial charge in [0.1, 0.15) is 0 Å². The standard InChI is InChI=1S/C16H11BrClNO4S/c1-23-16(20)15-9-19(12-4-2-3-11(18)8-12)13-7-10(17)5-6-14(13)24(15,21)22/h2-9H,1H3. The first-order valence-corrected chi connectivity index (χ1v) is 9.39. The SMILES string of the molecule is COC(=O)C1=CN(c2cccc(Cl)c2)c2cc(Br)ccc2S1(=O)=O. The molecule has 0 unspecified atom stereocenters. The van der Waals surface area contributed by atoms with E-state index in [9.17, 15) is 13.2 Å². The molecule has 0 amide bonds. The van der Waals surface area contributed by atoms with Crippen LogP contribution >= 0.6 is 27.5 Å². The summed E-state index contributed by atoms with van der Waals surface area (Å²) in [4.78, 5) is 13.2. The molecule has 3 rings (SSSR count). The van der Waals surface area contributed by atoms with Crippen LogP contribution in [0.4, 0.5) is 11.4 Å². The number of fused-ring (bicyclic) bond motifs is 1. The van der Waals surface area contributed by atoms with Gasteiger partial charge in [-0.05, 0) is 36.4 Å². The number of anilines is 2. The zero-order chi connectivity index (χ0) is 17.5. The van der Waals surface area contributed by atoms with Gasteiger partial charge in [0.15, 0.2) is 4.91 Å². The van der Waals surface area contributed by atoms with Gasteiger partial charge in [0, 0.05) is 21.4 Å². The number of benzene rings is 2. The molecule has 0 bridgehead atoms. The molecule has 0 spiro atoms. The van der Waals surface area contributed by atoms with E-state index in [0.29, 0.717) is 20.9 Å². The molecule has 0 aliphatic carbocycles. The van der Waals surface area contributed by atoms with Crippen LogP contribution in [0.25, 0.3) is 0 Å². The van der Waals surface area contributed by atoms with Gasteiger partial charge in [0.2, 0.25) is 9.84 Å². The van der Waals surface area contributed by atoms with Gasteiger partial charge in [0.25, 0.3) is 0 Å². The number of carbonyl (C=O) groups excluding carboxylic acids is 1. The first-order chi connectivity index (χ1) is 11.3. The molecule has 0 atom stereocenters. The Labute approximate surface area is 152 Å². The number of methoxy groups -OCH3 is 1. The number of esters is 1. The minimum absolute atomic E-state index is 0.0218. The molecule has 1 aliphatic heterocycles. The van der Waals surface area contributed by atoms with Crippen molar-refractivity contribution in [3.8, 4) is 0 Å². The Morgan fingerprint density at radius 3 is 2.62 bits per heavy atom. The highest BCUT2D eigenvalue weighted by molar-refractivity contribution is 9.10. The topological polar surface area (TPSA) is 63.7 Å². The molecule has 0 N–H and O–H groups in total. The molecule has 8 heteroatoms. The number of carbonyl (C=O) groups is 1. The molecule has 1 aliphatic rings. The number of ether oxygens (including phenoxy) is 1. The summed E-state index contributed by atoms with van der Waals surface area (Å²) in [5, 5.41) is 0.491. The van der Waals surface area contributed by atoms with Gasteiger partial charge in [-0.1, -0.05) is 33.6 Å². The Balaban J connectivity index is 2.31. The van der Waals surface area contributed by atoms with Crippen molar-refractivity contribution in [2.75, 3.05) is 12.0 Å². The van der Waals surface area contributed by atoms with Gasteiger partial charge in [-0.3, -0.25) is 0 Å². The van der Waals surface area contributed by atoms with E-state index in [1.54, 1.807) is 41.3 Å². The first kappa shape index (κ1) is 17.0.